The zero-order valence-corrected chi connectivity index (χ0v) is 7.71. The van der Waals surface area contributed by atoms with Crippen molar-refractivity contribution in [3.05, 3.63) is 23.4 Å². The Bertz CT molecular complexity index is 296. The number of pyridine rings is 1. The van der Waals surface area contributed by atoms with E-state index in [2.05, 4.69) is 22.4 Å². The molecule has 0 amide bonds. The zero-order valence-electron chi connectivity index (χ0n) is 7.71. The summed E-state index contributed by atoms with van der Waals surface area (Å²) in [5.74, 6) is 1.08. The van der Waals surface area contributed by atoms with E-state index in [0.717, 1.165) is 43.9 Å². The highest BCUT2D eigenvalue weighted by Crippen LogP contribution is 2.19. The first kappa shape index (κ1) is 8.51. The lowest BCUT2D eigenvalue weighted by Crippen LogP contribution is -2.02. The van der Waals surface area contributed by atoms with Crippen molar-refractivity contribution in [2.24, 2.45) is 5.73 Å². The molecule has 3 nitrogen and oxygen atoms in total. The van der Waals surface area contributed by atoms with Crippen molar-refractivity contribution in [1.29, 1.82) is 0 Å². The lowest BCUT2D eigenvalue weighted by molar-refractivity contribution is 0.811. The molecular weight excluding hydrogens is 162 g/mol. The SMILES string of the molecule is NCCCc1ccc2c(n1)NCC2. The van der Waals surface area contributed by atoms with E-state index in [9.17, 15) is 0 Å². The largest absolute Gasteiger partial charge is 0.370 e. The number of nitrogens with two attached hydrogens (primary N) is 1. The van der Waals surface area contributed by atoms with Gasteiger partial charge < -0.3 is 11.1 Å². The van der Waals surface area contributed by atoms with Crippen LogP contribution in [0.1, 0.15) is 17.7 Å². The molecule has 2 heterocycles. The molecule has 3 N–H and O–H groups in total. The highest BCUT2D eigenvalue weighted by atomic mass is 15.0. The highest BCUT2D eigenvalue weighted by Gasteiger charge is 2.10. The smallest absolute Gasteiger partial charge is 0.129 e. The van der Waals surface area contributed by atoms with Crippen LogP contribution in [0, 0.1) is 0 Å². The van der Waals surface area contributed by atoms with E-state index in [-0.39, 0.29) is 0 Å². The summed E-state index contributed by atoms with van der Waals surface area (Å²) in [6.45, 7) is 1.77. The van der Waals surface area contributed by atoms with Gasteiger partial charge in [-0.25, -0.2) is 4.98 Å². The van der Waals surface area contributed by atoms with E-state index < -0.39 is 0 Å². The van der Waals surface area contributed by atoms with Gasteiger partial charge in [-0.1, -0.05) is 6.07 Å². The number of aromatic nitrogens is 1. The molecule has 0 saturated carbocycles. The second-order valence-electron chi connectivity index (χ2n) is 3.38. The van der Waals surface area contributed by atoms with E-state index in [4.69, 9.17) is 5.73 Å². The standard InChI is InChI=1S/C10H15N3/c11-6-1-2-9-4-3-8-5-7-12-10(8)13-9/h3-4H,1-2,5-7,11H2,(H,12,13). The summed E-state index contributed by atoms with van der Waals surface area (Å²) < 4.78 is 0. The van der Waals surface area contributed by atoms with Crippen molar-refractivity contribution in [2.75, 3.05) is 18.4 Å². The minimum Gasteiger partial charge on any atom is -0.370 e. The van der Waals surface area contributed by atoms with Crippen LogP contribution in [0.15, 0.2) is 12.1 Å². The zero-order chi connectivity index (χ0) is 9.10. The van der Waals surface area contributed by atoms with Gasteiger partial charge in [0.2, 0.25) is 0 Å². The van der Waals surface area contributed by atoms with Crippen LogP contribution >= 0.6 is 0 Å². The molecule has 0 fully saturated rings. The summed E-state index contributed by atoms with van der Waals surface area (Å²) in [5.41, 5.74) is 7.94. The van der Waals surface area contributed by atoms with Gasteiger partial charge in [0.1, 0.15) is 5.82 Å². The molecule has 0 unspecified atom stereocenters. The van der Waals surface area contributed by atoms with Crippen molar-refractivity contribution in [3.63, 3.8) is 0 Å². The van der Waals surface area contributed by atoms with Crippen molar-refractivity contribution in [1.82, 2.24) is 4.98 Å². The van der Waals surface area contributed by atoms with Crippen molar-refractivity contribution >= 4 is 5.82 Å². The maximum atomic E-state index is 5.45. The summed E-state index contributed by atoms with van der Waals surface area (Å²) in [7, 11) is 0. The molecule has 1 aliphatic heterocycles. The molecule has 70 valence electrons. The summed E-state index contributed by atoms with van der Waals surface area (Å²) >= 11 is 0. The fourth-order valence-electron chi connectivity index (χ4n) is 1.62. The first-order chi connectivity index (χ1) is 6.40. The van der Waals surface area contributed by atoms with Crippen LogP contribution in [0.2, 0.25) is 0 Å². The molecule has 0 radical (unpaired) electrons. The Morgan fingerprint density at radius 3 is 3.23 bits per heavy atom. The summed E-state index contributed by atoms with van der Waals surface area (Å²) in [4.78, 5) is 4.52. The molecule has 0 bridgehead atoms. The van der Waals surface area contributed by atoms with Crippen LogP contribution < -0.4 is 11.1 Å². The number of aryl methyl sites for hydroxylation is 1. The number of fused-ring (bicyclic) bond motifs is 1. The van der Waals surface area contributed by atoms with Crippen LogP contribution in [0.3, 0.4) is 0 Å². The Kier molecular flexibility index (Phi) is 2.45. The Morgan fingerprint density at radius 2 is 2.38 bits per heavy atom. The predicted molar refractivity (Wildman–Crippen MR) is 53.8 cm³/mol. The molecule has 2 rings (SSSR count). The third kappa shape index (κ3) is 1.80. The molecule has 0 aromatic carbocycles. The van der Waals surface area contributed by atoms with Gasteiger partial charge >= 0.3 is 0 Å². The van der Waals surface area contributed by atoms with Gasteiger partial charge in [-0.05, 0) is 37.4 Å². The molecule has 3 heteroatoms. The normalized spacial score (nSPS) is 13.9. The number of anilines is 1. The first-order valence-corrected chi connectivity index (χ1v) is 4.83. The molecule has 0 aliphatic carbocycles. The van der Waals surface area contributed by atoms with Gasteiger partial charge in [-0.15, -0.1) is 0 Å². The van der Waals surface area contributed by atoms with Crippen LogP contribution in [0.5, 0.6) is 0 Å². The molecule has 0 atom stereocenters. The monoisotopic (exact) mass is 177 g/mol. The van der Waals surface area contributed by atoms with Gasteiger partial charge in [-0.3, -0.25) is 0 Å². The van der Waals surface area contributed by atoms with Crippen LogP contribution in [0.4, 0.5) is 5.82 Å². The van der Waals surface area contributed by atoms with Crippen LogP contribution in [-0.2, 0) is 12.8 Å². The number of hydrogen-bond acceptors (Lipinski definition) is 3. The highest BCUT2D eigenvalue weighted by molar-refractivity contribution is 5.49. The van der Waals surface area contributed by atoms with Crippen molar-refractivity contribution in [3.8, 4) is 0 Å². The average molecular weight is 177 g/mol. The molecule has 0 spiro atoms. The average Bonchev–Trinajstić information content (AvgIpc) is 2.61. The molecule has 1 aliphatic rings. The third-order valence-corrected chi connectivity index (χ3v) is 2.36. The summed E-state index contributed by atoms with van der Waals surface area (Å²) in [6.07, 6.45) is 3.12. The minimum absolute atomic E-state index is 0.742. The molecule has 1 aromatic heterocycles. The van der Waals surface area contributed by atoms with Crippen molar-refractivity contribution < 1.29 is 0 Å². The fourth-order valence-corrected chi connectivity index (χ4v) is 1.62. The second kappa shape index (κ2) is 3.75. The lowest BCUT2D eigenvalue weighted by atomic mass is 10.1. The second-order valence-corrected chi connectivity index (χ2v) is 3.38. The van der Waals surface area contributed by atoms with Gasteiger partial charge in [-0.2, -0.15) is 0 Å². The predicted octanol–water partition coefficient (Wildman–Crippen LogP) is 0.941. The van der Waals surface area contributed by atoms with Crippen LogP contribution in [0.25, 0.3) is 0 Å². The Labute approximate surface area is 78.4 Å². The number of rotatable bonds is 3. The summed E-state index contributed by atoms with van der Waals surface area (Å²) in [5, 5.41) is 3.27. The Balaban J connectivity index is 2.12. The quantitative estimate of drug-likeness (QED) is 0.722. The Hall–Kier alpha value is -1.09. The van der Waals surface area contributed by atoms with Gasteiger partial charge in [0, 0.05) is 12.2 Å². The third-order valence-electron chi connectivity index (χ3n) is 2.36. The number of nitrogens with one attached hydrogen (secondary N) is 1. The lowest BCUT2D eigenvalue weighted by Gasteiger charge is -2.02. The molecule has 1 aromatic rings. The van der Waals surface area contributed by atoms with E-state index >= 15 is 0 Å². The topological polar surface area (TPSA) is 50.9 Å². The summed E-state index contributed by atoms with van der Waals surface area (Å²) in [6, 6.07) is 4.29. The van der Waals surface area contributed by atoms with Crippen LogP contribution in [-0.4, -0.2) is 18.1 Å². The maximum Gasteiger partial charge on any atom is 0.129 e. The van der Waals surface area contributed by atoms with Gasteiger partial charge in [0.05, 0.1) is 0 Å². The van der Waals surface area contributed by atoms with Gasteiger partial charge in [0.25, 0.3) is 0 Å². The Morgan fingerprint density at radius 1 is 1.46 bits per heavy atom. The van der Waals surface area contributed by atoms with E-state index in [1.807, 2.05) is 0 Å². The van der Waals surface area contributed by atoms with E-state index in [1.54, 1.807) is 0 Å². The van der Waals surface area contributed by atoms with Crippen molar-refractivity contribution in [2.45, 2.75) is 19.3 Å². The maximum absolute atomic E-state index is 5.45. The molecule has 13 heavy (non-hydrogen) atoms. The number of nitrogens with zero attached hydrogens (tertiary/aromatic N) is 1. The number of hydrogen-bond donors (Lipinski definition) is 2. The van der Waals surface area contributed by atoms with Gasteiger partial charge in [0.15, 0.2) is 0 Å². The van der Waals surface area contributed by atoms with E-state index in [0.29, 0.717) is 0 Å². The molecular formula is C10H15N3. The fraction of sp³-hybridized carbons (Fsp3) is 0.500. The van der Waals surface area contributed by atoms with E-state index in [1.165, 1.54) is 5.56 Å². The minimum atomic E-state index is 0.742. The first-order valence-electron chi connectivity index (χ1n) is 4.83. The molecule has 0 saturated heterocycles.